The predicted octanol–water partition coefficient (Wildman–Crippen LogP) is 3.35. The van der Waals surface area contributed by atoms with Crippen molar-refractivity contribution in [1.29, 1.82) is 0 Å². The van der Waals surface area contributed by atoms with Crippen molar-refractivity contribution >= 4 is 5.82 Å². The maximum absolute atomic E-state index is 4.81. The van der Waals surface area contributed by atoms with Gasteiger partial charge >= 0.3 is 0 Å². The molecule has 1 aliphatic rings. The second-order valence-corrected chi connectivity index (χ2v) is 5.77. The van der Waals surface area contributed by atoms with Crippen molar-refractivity contribution in [3.8, 4) is 0 Å². The van der Waals surface area contributed by atoms with Gasteiger partial charge in [0, 0.05) is 36.9 Å². The van der Waals surface area contributed by atoms with Crippen LogP contribution in [-0.4, -0.2) is 24.1 Å². The van der Waals surface area contributed by atoms with Gasteiger partial charge in [-0.25, -0.2) is 4.98 Å². The molecule has 1 aliphatic carbocycles. The number of anilines is 1. The van der Waals surface area contributed by atoms with Gasteiger partial charge in [0.05, 0.1) is 0 Å². The molecule has 0 aromatic carbocycles. The monoisotopic (exact) mass is 273 g/mol. The van der Waals surface area contributed by atoms with Gasteiger partial charge in [-0.2, -0.15) is 0 Å². The molecule has 1 N–H and O–H groups in total. The van der Waals surface area contributed by atoms with Crippen LogP contribution in [-0.2, 0) is 6.54 Å². The van der Waals surface area contributed by atoms with Crippen LogP contribution in [0.2, 0.25) is 0 Å². The maximum atomic E-state index is 4.81. The van der Waals surface area contributed by atoms with E-state index in [1.807, 2.05) is 6.08 Å². The summed E-state index contributed by atoms with van der Waals surface area (Å²) < 4.78 is 0. The Balaban J connectivity index is 2.27. The van der Waals surface area contributed by atoms with Crippen molar-refractivity contribution in [3.63, 3.8) is 0 Å². The second kappa shape index (κ2) is 6.89. The Morgan fingerprint density at radius 3 is 2.80 bits per heavy atom. The summed E-state index contributed by atoms with van der Waals surface area (Å²) >= 11 is 0. The molecule has 1 fully saturated rings. The maximum Gasteiger partial charge on any atom is 0.133 e. The molecule has 3 heteroatoms. The Labute approximate surface area is 123 Å². The molecule has 20 heavy (non-hydrogen) atoms. The van der Waals surface area contributed by atoms with Gasteiger partial charge in [0.2, 0.25) is 0 Å². The van der Waals surface area contributed by atoms with Crippen LogP contribution >= 0.6 is 0 Å². The number of hydrogen-bond donors (Lipinski definition) is 1. The van der Waals surface area contributed by atoms with Crippen LogP contribution < -0.4 is 10.2 Å². The Morgan fingerprint density at radius 2 is 2.20 bits per heavy atom. The lowest BCUT2D eigenvalue weighted by molar-refractivity contribution is 0.676. The van der Waals surface area contributed by atoms with Gasteiger partial charge in [-0.15, -0.1) is 6.58 Å². The summed E-state index contributed by atoms with van der Waals surface area (Å²) in [6, 6.07) is 2.91. The first kappa shape index (κ1) is 15.0. The summed E-state index contributed by atoms with van der Waals surface area (Å²) in [5, 5.41) is 3.62. The van der Waals surface area contributed by atoms with E-state index in [0.29, 0.717) is 0 Å². The molecule has 1 saturated carbocycles. The van der Waals surface area contributed by atoms with Crippen molar-refractivity contribution in [2.75, 3.05) is 18.0 Å². The van der Waals surface area contributed by atoms with Crippen LogP contribution in [0, 0.1) is 13.8 Å². The molecule has 0 atom stereocenters. The highest BCUT2D eigenvalue weighted by atomic mass is 15.2. The third-order valence-electron chi connectivity index (χ3n) is 3.74. The highest BCUT2D eigenvalue weighted by molar-refractivity contribution is 5.52. The molecule has 0 aliphatic heterocycles. The van der Waals surface area contributed by atoms with Gasteiger partial charge < -0.3 is 10.2 Å². The van der Waals surface area contributed by atoms with Crippen LogP contribution in [0.25, 0.3) is 0 Å². The summed E-state index contributed by atoms with van der Waals surface area (Å²) in [7, 11) is 0. The van der Waals surface area contributed by atoms with Crippen molar-refractivity contribution < 1.29 is 0 Å². The van der Waals surface area contributed by atoms with E-state index in [2.05, 4.69) is 43.6 Å². The summed E-state index contributed by atoms with van der Waals surface area (Å²) in [5.74, 6) is 1.14. The van der Waals surface area contributed by atoms with Gasteiger partial charge in [0.25, 0.3) is 0 Å². The average Bonchev–Trinajstić information content (AvgIpc) is 3.21. The lowest BCUT2D eigenvalue weighted by Crippen LogP contribution is -2.28. The molecule has 1 aromatic rings. The molecule has 0 amide bonds. The summed E-state index contributed by atoms with van der Waals surface area (Å²) in [6.07, 6.45) is 5.73. The Morgan fingerprint density at radius 1 is 1.45 bits per heavy atom. The Kier molecular flexibility index (Phi) is 5.18. The number of rotatable bonds is 8. The summed E-state index contributed by atoms with van der Waals surface area (Å²) in [4.78, 5) is 7.15. The Bertz CT molecular complexity index is 464. The fourth-order valence-corrected chi connectivity index (χ4v) is 2.57. The van der Waals surface area contributed by atoms with Crippen LogP contribution in [0.4, 0.5) is 5.82 Å². The van der Waals surface area contributed by atoms with E-state index in [0.717, 1.165) is 43.6 Å². The molecule has 2 rings (SSSR count). The molecule has 0 bridgehead atoms. The smallest absolute Gasteiger partial charge is 0.133 e. The molecule has 110 valence electrons. The van der Waals surface area contributed by atoms with Gasteiger partial charge in [-0.3, -0.25) is 0 Å². The average molecular weight is 273 g/mol. The summed E-state index contributed by atoms with van der Waals surface area (Å²) in [6.45, 7) is 13.2. The first-order valence-electron chi connectivity index (χ1n) is 7.72. The second-order valence-electron chi connectivity index (χ2n) is 5.77. The first-order chi connectivity index (χ1) is 9.65. The number of aromatic nitrogens is 1. The minimum atomic E-state index is 0.725. The number of nitrogens with zero attached hydrogens (tertiary/aromatic N) is 2. The zero-order chi connectivity index (χ0) is 14.5. The van der Waals surface area contributed by atoms with Gasteiger partial charge in [-0.1, -0.05) is 13.0 Å². The molecule has 1 heterocycles. The number of nitrogens with one attached hydrogen (secondary N) is 1. The lowest BCUT2D eigenvalue weighted by Gasteiger charge is -2.26. The van der Waals surface area contributed by atoms with Crippen molar-refractivity contribution in [1.82, 2.24) is 10.3 Å². The van der Waals surface area contributed by atoms with Crippen molar-refractivity contribution in [2.24, 2.45) is 0 Å². The molecular weight excluding hydrogens is 246 g/mol. The van der Waals surface area contributed by atoms with E-state index in [-0.39, 0.29) is 0 Å². The Hall–Kier alpha value is -1.35. The fraction of sp³-hybridized carbons (Fsp3) is 0.588. The third kappa shape index (κ3) is 3.83. The standard InChI is InChI=1S/C17H27N3/c1-5-9-20(10-6-2)17-16(12-18-15-7-8-15)13(3)11-14(4)19-17/h5,11,15,18H,1,6-10,12H2,2-4H3. The van der Waals surface area contributed by atoms with Gasteiger partial charge in [0.1, 0.15) is 5.82 Å². The highest BCUT2D eigenvalue weighted by Crippen LogP contribution is 2.25. The van der Waals surface area contributed by atoms with Gasteiger partial charge in [-0.05, 0) is 44.7 Å². The molecular formula is C17H27N3. The first-order valence-corrected chi connectivity index (χ1v) is 7.72. The van der Waals surface area contributed by atoms with E-state index < -0.39 is 0 Å². The molecule has 0 spiro atoms. The molecule has 3 nitrogen and oxygen atoms in total. The molecule has 0 radical (unpaired) electrons. The van der Waals surface area contributed by atoms with Crippen LogP contribution in [0.15, 0.2) is 18.7 Å². The zero-order valence-electron chi connectivity index (χ0n) is 13.1. The normalized spacial score (nSPS) is 14.3. The van der Waals surface area contributed by atoms with Crippen LogP contribution in [0.1, 0.15) is 43.0 Å². The van der Waals surface area contributed by atoms with E-state index in [4.69, 9.17) is 4.98 Å². The van der Waals surface area contributed by atoms with Gasteiger partial charge in [0.15, 0.2) is 0 Å². The van der Waals surface area contributed by atoms with E-state index in [1.54, 1.807) is 0 Å². The lowest BCUT2D eigenvalue weighted by atomic mass is 10.1. The van der Waals surface area contributed by atoms with Crippen molar-refractivity contribution in [3.05, 3.63) is 35.5 Å². The SMILES string of the molecule is C=CCN(CCC)c1nc(C)cc(C)c1CNC1CC1. The number of hydrogen-bond acceptors (Lipinski definition) is 3. The third-order valence-corrected chi connectivity index (χ3v) is 3.74. The van der Waals surface area contributed by atoms with E-state index in [9.17, 15) is 0 Å². The van der Waals surface area contributed by atoms with Crippen LogP contribution in [0.3, 0.4) is 0 Å². The van der Waals surface area contributed by atoms with E-state index in [1.165, 1.54) is 24.0 Å². The quantitative estimate of drug-likeness (QED) is 0.736. The minimum absolute atomic E-state index is 0.725. The number of pyridine rings is 1. The predicted molar refractivity (Wildman–Crippen MR) is 86.3 cm³/mol. The largest absolute Gasteiger partial charge is 0.353 e. The molecule has 0 unspecified atom stereocenters. The van der Waals surface area contributed by atoms with E-state index >= 15 is 0 Å². The summed E-state index contributed by atoms with van der Waals surface area (Å²) in [5.41, 5.74) is 3.78. The van der Waals surface area contributed by atoms with Crippen LogP contribution in [0.5, 0.6) is 0 Å². The van der Waals surface area contributed by atoms with Crippen molar-refractivity contribution in [2.45, 2.75) is 52.6 Å². The fourth-order valence-electron chi connectivity index (χ4n) is 2.57. The highest BCUT2D eigenvalue weighted by Gasteiger charge is 2.22. The molecule has 0 saturated heterocycles. The number of aryl methyl sites for hydroxylation is 2. The zero-order valence-corrected chi connectivity index (χ0v) is 13.1. The minimum Gasteiger partial charge on any atom is -0.353 e. The molecule has 1 aromatic heterocycles. The topological polar surface area (TPSA) is 28.2 Å².